The van der Waals surface area contributed by atoms with Crippen LogP contribution in [0.2, 0.25) is 0 Å². The number of hydrogen-bond acceptors (Lipinski definition) is 4. The smallest absolute Gasteiger partial charge is 0.323 e. The molecule has 126 valence electrons. The number of imide groups is 1. The Balaban J connectivity index is 2.02. The van der Waals surface area contributed by atoms with Crippen LogP contribution in [0.25, 0.3) is 0 Å². The van der Waals surface area contributed by atoms with Gasteiger partial charge in [-0.1, -0.05) is 0 Å². The predicted molar refractivity (Wildman–Crippen MR) is 77.0 cm³/mol. The van der Waals surface area contributed by atoms with Crippen molar-refractivity contribution in [3.8, 4) is 6.07 Å². The van der Waals surface area contributed by atoms with Gasteiger partial charge in [0.1, 0.15) is 5.54 Å². The third-order valence-electron chi connectivity index (χ3n) is 4.31. The molecule has 6 nitrogen and oxygen atoms in total. The van der Waals surface area contributed by atoms with E-state index in [1.807, 2.05) is 0 Å². The van der Waals surface area contributed by atoms with E-state index in [1.54, 1.807) is 0 Å². The van der Waals surface area contributed by atoms with E-state index < -0.39 is 34.8 Å². The summed E-state index contributed by atoms with van der Waals surface area (Å²) in [5.41, 5.74) is -3.00. The van der Waals surface area contributed by atoms with Crippen LogP contribution in [-0.2, 0) is 11.0 Å². The minimum absolute atomic E-state index is 0.195. The van der Waals surface area contributed by atoms with Gasteiger partial charge in [-0.15, -0.1) is 0 Å². The second-order valence-electron chi connectivity index (χ2n) is 5.74. The van der Waals surface area contributed by atoms with Crippen LogP contribution >= 0.6 is 0 Å². The van der Waals surface area contributed by atoms with Crippen LogP contribution in [0.3, 0.4) is 0 Å². The molecule has 0 atom stereocenters. The van der Waals surface area contributed by atoms with Gasteiger partial charge in [0.2, 0.25) is 0 Å². The average Bonchev–Trinajstić information content (AvgIpc) is 2.77. The minimum atomic E-state index is -4.76. The second kappa shape index (κ2) is 5.49. The number of amides is 3. The molecule has 1 spiro atoms. The molecular weight excluding hydrogens is 325 g/mol. The fraction of sp³-hybridized carbons (Fsp3) is 0.400. The SMILES string of the molecule is N#Cc1ccc(N2C(=O)NC3(CCNCC3)C2=O)cc1C(F)(F)F. The zero-order chi connectivity index (χ0) is 17.5. The van der Waals surface area contributed by atoms with Crippen LogP contribution in [-0.4, -0.2) is 30.6 Å². The van der Waals surface area contributed by atoms with Crippen LogP contribution in [0, 0.1) is 11.3 Å². The first-order chi connectivity index (χ1) is 11.3. The number of alkyl halides is 3. The molecule has 2 heterocycles. The van der Waals surface area contributed by atoms with Crippen molar-refractivity contribution in [2.75, 3.05) is 18.0 Å². The van der Waals surface area contributed by atoms with E-state index in [4.69, 9.17) is 5.26 Å². The van der Waals surface area contributed by atoms with Crippen LogP contribution < -0.4 is 15.5 Å². The molecule has 24 heavy (non-hydrogen) atoms. The number of nitrogens with one attached hydrogen (secondary N) is 2. The van der Waals surface area contributed by atoms with E-state index in [-0.39, 0.29) is 5.69 Å². The van der Waals surface area contributed by atoms with Gasteiger partial charge in [0, 0.05) is 0 Å². The highest BCUT2D eigenvalue weighted by Gasteiger charge is 2.52. The minimum Gasteiger partial charge on any atom is -0.323 e. The Kier molecular flexibility index (Phi) is 3.72. The first-order valence-electron chi connectivity index (χ1n) is 7.27. The van der Waals surface area contributed by atoms with Crippen molar-refractivity contribution in [1.82, 2.24) is 10.6 Å². The first kappa shape index (κ1) is 16.3. The van der Waals surface area contributed by atoms with Crippen molar-refractivity contribution >= 4 is 17.6 Å². The quantitative estimate of drug-likeness (QED) is 0.764. The van der Waals surface area contributed by atoms with E-state index in [9.17, 15) is 22.8 Å². The lowest BCUT2D eigenvalue weighted by atomic mass is 9.88. The van der Waals surface area contributed by atoms with E-state index in [0.717, 1.165) is 11.0 Å². The monoisotopic (exact) mass is 338 g/mol. The van der Waals surface area contributed by atoms with Gasteiger partial charge in [-0.25, -0.2) is 9.69 Å². The van der Waals surface area contributed by atoms with Gasteiger partial charge in [0.25, 0.3) is 5.91 Å². The molecule has 0 aromatic heterocycles. The molecule has 0 aliphatic carbocycles. The molecule has 0 radical (unpaired) electrons. The molecule has 3 rings (SSSR count). The van der Waals surface area contributed by atoms with Gasteiger partial charge in [0.05, 0.1) is 22.9 Å². The van der Waals surface area contributed by atoms with Gasteiger partial charge in [0.15, 0.2) is 0 Å². The van der Waals surface area contributed by atoms with Crippen molar-refractivity contribution < 1.29 is 22.8 Å². The molecule has 1 aromatic rings. The van der Waals surface area contributed by atoms with Gasteiger partial charge in [-0.05, 0) is 44.1 Å². The summed E-state index contributed by atoms with van der Waals surface area (Å²) in [7, 11) is 0. The lowest BCUT2D eigenvalue weighted by molar-refractivity contribution is -0.137. The summed E-state index contributed by atoms with van der Waals surface area (Å²) in [6.07, 6.45) is -4.01. The number of piperidine rings is 1. The molecular formula is C15H13F3N4O2. The van der Waals surface area contributed by atoms with Crippen molar-refractivity contribution in [2.45, 2.75) is 24.6 Å². The summed E-state index contributed by atoms with van der Waals surface area (Å²) in [5.74, 6) is -0.563. The van der Waals surface area contributed by atoms with Crippen LogP contribution in [0.5, 0.6) is 0 Å². The Hall–Kier alpha value is -2.60. The largest absolute Gasteiger partial charge is 0.417 e. The van der Waals surface area contributed by atoms with Crippen molar-refractivity contribution in [1.29, 1.82) is 5.26 Å². The maximum absolute atomic E-state index is 13.1. The number of benzene rings is 1. The molecule has 0 saturated carbocycles. The number of rotatable bonds is 1. The van der Waals surface area contributed by atoms with Crippen LogP contribution in [0.1, 0.15) is 24.0 Å². The zero-order valence-corrected chi connectivity index (χ0v) is 12.4. The van der Waals surface area contributed by atoms with Gasteiger partial charge < -0.3 is 10.6 Å². The normalized spacial score (nSPS) is 20.2. The highest BCUT2D eigenvalue weighted by molar-refractivity contribution is 6.23. The topological polar surface area (TPSA) is 85.2 Å². The number of hydrogen-bond donors (Lipinski definition) is 2. The van der Waals surface area contributed by atoms with Gasteiger partial charge in [-0.3, -0.25) is 4.79 Å². The number of carbonyl (C=O) groups is 2. The van der Waals surface area contributed by atoms with Crippen LogP contribution in [0.15, 0.2) is 18.2 Å². The predicted octanol–water partition coefficient (Wildman–Crippen LogP) is 1.76. The number of halogens is 3. The van der Waals surface area contributed by atoms with Crippen molar-refractivity contribution in [3.05, 3.63) is 29.3 Å². The maximum atomic E-state index is 13.1. The standard InChI is InChI=1S/C15H13F3N4O2/c16-15(17,18)11-7-10(2-1-9(11)8-19)22-12(23)14(21-13(22)24)3-5-20-6-4-14/h1-2,7,20H,3-6H2,(H,21,24). The van der Waals surface area contributed by atoms with Crippen molar-refractivity contribution in [3.63, 3.8) is 0 Å². The van der Waals surface area contributed by atoms with E-state index in [2.05, 4.69) is 10.6 Å². The molecule has 2 N–H and O–H groups in total. The zero-order valence-electron chi connectivity index (χ0n) is 12.4. The average molecular weight is 338 g/mol. The third-order valence-corrected chi connectivity index (χ3v) is 4.31. The molecule has 9 heteroatoms. The lowest BCUT2D eigenvalue weighted by Crippen LogP contribution is -2.53. The van der Waals surface area contributed by atoms with Gasteiger partial charge in [-0.2, -0.15) is 18.4 Å². The van der Waals surface area contributed by atoms with Crippen LogP contribution in [0.4, 0.5) is 23.7 Å². The molecule has 0 unspecified atom stereocenters. The van der Waals surface area contributed by atoms with E-state index in [1.165, 1.54) is 12.1 Å². The highest BCUT2D eigenvalue weighted by Crippen LogP contribution is 2.36. The summed E-state index contributed by atoms with van der Waals surface area (Å²) < 4.78 is 39.2. The molecule has 2 saturated heterocycles. The number of anilines is 1. The lowest BCUT2D eigenvalue weighted by Gasteiger charge is -2.31. The van der Waals surface area contributed by atoms with E-state index in [0.29, 0.717) is 32.0 Å². The first-order valence-corrected chi connectivity index (χ1v) is 7.27. The van der Waals surface area contributed by atoms with E-state index >= 15 is 0 Å². The van der Waals surface area contributed by atoms with Gasteiger partial charge >= 0.3 is 12.2 Å². The Bertz CT molecular complexity index is 748. The molecule has 3 amide bonds. The number of nitriles is 1. The molecule has 2 aliphatic rings. The summed E-state index contributed by atoms with van der Waals surface area (Å²) in [5, 5.41) is 14.5. The Labute approximate surface area is 135 Å². The molecule has 1 aromatic carbocycles. The Morgan fingerprint density at radius 3 is 2.46 bits per heavy atom. The fourth-order valence-corrected chi connectivity index (χ4v) is 3.05. The summed E-state index contributed by atoms with van der Waals surface area (Å²) in [6.45, 7) is 1.06. The third kappa shape index (κ3) is 2.49. The number of carbonyl (C=O) groups excluding carboxylic acids is 2. The molecule has 2 aliphatic heterocycles. The van der Waals surface area contributed by atoms with Crippen molar-refractivity contribution in [2.24, 2.45) is 0 Å². The summed E-state index contributed by atoms with van der Waals surface area (Å²) in [4.78, 5) is 25.6. The second-order valence-corrected chi connectivity index (χ2v) is 5.74. The summed E-state index contributed by atoms with van der Waals surface area (Å²) in [6, 6.07) is 3.52. The summed E-state index contributed by atoms with van der Waals surface area (Å²) >= 11 is 0. The number of urea groups is 1. The number of nitrogens with zero attached hydrogens (tertiary/aromatic N) is 2. The fourth-order valence-electron chi connectivity index (χ4n) is 3.05. The Morgan fingerprint density at radius 2 is 1.88 bits per heavy atom. The maximum Gasteiger partial charge on any atom is 0.417 e. The molecule has 0 bridgehead atoms. The Morgan fingerprint density at radius 1 is 1.21 bits per heavy atom. The molecule has 2 fully saturated rings. The highest BCUT2D eigenvalue weighted by atomic mass is 19.4.